The first-order chi connectivity index (χ1) is 14.9. The molecule has 6 heteroatoms. The lowest BCUT2D eigenvalue weighted by atomic mass is 9.75. The summed E-state index contributed by atoms with van der Waals surface area (Å²) in [6.45, 7) is 0.334. The zero-order valence-corrected chi connectivity index (χ0v) is 19.9. The summed E-state index contributed by atoms with van der Waals surface area (Å²) in [7, 11) is 0. The molecule has 1 heterocycles. The summed E-state index contributed by atoms with van der Waals surface area (Å²) >= 11 is 12.3. The first-order valence-corrected chi connectivity index (χ1v) is 12.8. The van der Waals surface area contributed by atoms with E-state index in [1.807, 2.05) is 12.1 Å². The smallest absolute Gasteiger partial charge is 0.255 e. The monoisotopic (exact) mass is 463 g/mol. The Bertz CT molecular complexity index is 782. The topological polar surface area (TPSA) is 56.2 Å². The van der Waals surface area contributed by atoms with Crippen molar-refractivity contribution in [2.45, 2.75) is 95.6 Å². The second-order valence-corrected chi connectivity index (χ2v) is 10.8. The molecule has 1 aromatic carbocycles. The zero-order chi connectivity index (χ0) is 21.8. The van der Waals surface area contributed by atoms with Crippen molar-refractivity contribution in [3.8, 4) is 0 Å². The van der Waals surface area contributed by atoms with Crippen LogP contribution in [-0.4, -0.2) is 22.3 Å². The molecule has 3 aliphatic rings. The van der Waals surface area contributed by atoms with Gasteiger partial charge in [-0.05, 0) is 54.9 Å². The van der Waals surface area contributed by atoms with Gasteiger partial charge in [-0.25, -0.2) is 0 Å². The number of nitrogens with one attached hydrogen (secondary N) is 2. The average molecular weight is 464 g/mol. The summed E-state index contributed by atoms with van der Waals surface area (Å²) in [4.78, 5) is 15.4. The molecule has 1 aromatic rings. The summed E-state index contributed by atoms with van der Waals surface area (Å²) in [6, 6.07) is 5.36. The van der Waals surface area contributed by atoms with Crippen molar-refractivity contribution in [1.29, 1.82) is 5.41 Å². The van der Waals surface area contributed by atoms with Crippen molar-refractivity contribution in [3.63, 3.8) is 0 Å². The summed E-state index contributed by atoms with van der Waals surface area (Å²) in [6.07, 6.45) is 15.6. The number of benzene rings is 1. The van der Waals surface area contributed by atoms with Crippen molar-refractivity contribution in [3.05, 3.63) is 33.8 Å². The highest BCUT2D eigenvalue weighted by Crippen LogP contribution is 2.39. The lowest BCUT2D eigenvalue weighted by Crippen LogP contribution is -2.49. The average Bonchev–Trinajstić information content (AvgIpc) is 2.97. The van der Waals surface area contributed by atoms with Gasteiger partial charge in [-0.3, -0.25) is 15.1 Å². The molecule has 2 aliphatic carbocycles. The molecule has 4 rings (SSSR count). The molecule has 2 N–H and O–H groups in total. The molecule has 0 aromatic heterocycles. The van der Waals surface area contributed by atoms with Crippen LogP contribution in [0.4, 0.5) is 0 Å². The van der Waals surface area contributed by atoms with E-state index in [0.717, 1.165) is 30.7 Å². The Morgan fingerprint density at radius 2 is 1.52 bits per heavy atom. The number of hydrogen-bond donors (Lipinski definition) is 2. The molecule has 0 bridgehead atoms. The highest BCUT2D eigenvalue weighted by molar-refractivity contribution is 6.34. The SMILES string of the molecule is N=C1N[C@](CCC2CCCCC2)(CC2CCCCC2)C(=O)N1Cc1cc(Cl)cc(Cl)c1. The van der Waals surface area contributed by atoms with Gasteiger partial charge >= 0.3 is 0 Å². The number of hydrogen-bond acceptors (Lipinski definition) is 2. The fourth-order valence-corrected chi connectivity index (χ4v) is 6.53. The normalized spacial score (nSPS) is 25.8. The lowest BCUT2D eigenvalue weighted by molar-refractivity contribution is -0.132. The Kier molecular flexibility index (Phi) is 7.48. The fourth-order valence-electron chi connectivity index (χ4n) is 5.96. The quantitative estimate of drug-likeness (QED) is 0.460. The van der Waals surface area contributed by atoms with E-state index in [9.17, 15) is 4.79 Å². The number of nitrogens with zero attached hydrogens (tertiary/aromatic N) is 1. The van der Waals surface area contributed by atoms with Gasteiger partial charge in [-0.15, -0.1) is 0 Å². The third-order valence-electron chi connectivity index (χ3n) is 7.61. The number of carbonyl (C=O) groups is 1. The third kappa shape index (κ3) is 5.57. The Morgan fingerprint density at radius 3 is 2.13 bits per heavy atom. The number of carbonyl (C=O) groups excluding carboxylic acids is 1. The molecule has 4 nitrogen and oxygen atoms in total. The van der Waals surface area contributed by atoms with Crippen molar-refractivity contribution in [2.24, 2.45) is 11.8 Å². The van der Waals surface area contributed by atoms with E-state index in [2.05, 4.69) is 5.32 Å². The van der Waals surface area contributed by atoms with Crippen molar-refractivity contribution >= 4 is 35.1 Å². The number of halogens is 2. The molecule has 3 fully saturated rings. The van der Waals surface area contributed by atoms with Crippen LogP contribution in [0.2, 0.25) is 10.0 Å². The third-order valence-corrected chi connectivity index (χ3v) is 8.05. The second kappa shape index (κ2) is 10.1. The highest BCUT2D eigenvalue weighted by Gasteiger charge is 2.50. The summed E-state index contributed by atoms with van der Waals surface area (Å²) in [5, 5.41) is 13.1. The van der Waals surface area contributed by atoms with Gasteiger partial charge in [-0.1, -0.05) is 87.4 Å². The first kappa shape index (κ1) is 22.9. The molecule has 31 heavy (non-hydrogen) atoms. The Morgan fingerprint density at radius 1 is 0.935 bits per heavy atom. The van der Waals surface area contributed by atoms with Gasteiger partial charge in [0.05, 0.1) is 6.54 Å². The van der Waals surface area contributed by atoms with Crippen molar-refractivity contribution in [1.82, 2.24) is 10.2 Å². The molecule has 170 valence electrons. The van der Waals surface area contributed by atoms with Crippen LogP contribution >= 0.6 is 23.2 Å². The highest BCUT2D eigenvalue weighted by atomic mass is 35.5. The van der Waals surface area contributed by atoms with E-state index in [1.54, 1.807) is 11.0 Å². The van der Waals surface area contributed by atoms with Crippen LogP contribution in [0.15, 0.2) is 18.2 Å². The van der Waals surface area contributed by atoms with E-state index in [4.69, 9.17) is 28.6 Å². The molecule has 1 saturated heterocycles. The van der Waals surface area contributed by atoms with Crippen molar-refractivity contribution < 1.29 is 4.79 Å². The van der Waals surface area contributed by atoms with E-state index in [0.29, 0.717) is 22.5 Å². The molecular weight excluding hydrogens is 429 g/mol. The summed E-state index contributed by atoms with van der Waals surface area (Å²) in [5.74, 6) is 1.59. The Balaban J connectivity index is 1.52. The second-order valence-electron chi connectivity index (χ2n) is 9.98. The van der Waals surface area contributed by atoms with Gasteiger partial charge in [0, 0.05) is 10.0 Å². The van der Waals surface area contributed by atoms with Gasteiger partial charge in [-0.2, -0.15) is 0 Å². The van der Waals surface area contributed by atoms with Gasteiger partial charge < -0.3 is 5.32 Å². The maximum absolute atomic E-state index is 13.8. The van der Waals surface area contributed by atoms with Crippen LogP contribution in [0.5, 0.6) is 0 Å². The number of amides is 1. The maximum atomic E-state index is 13.8. The van der Waals surface area contributed by atoms with Gasteiger partial charge in [0.1, 0.15) is 5.54 Å². The van der Waals surface area contributed by atoms with Crippen LogP contribution in [0.25, 0.3) is 0 Å². The van der Waals surface area contributed by atoms with E-state index < -0.39 is 5.54 Å². The van der Waals surface area contributed by atoms with Gasteiger partial charge in [0.25, 0.3) is 5.91 Å². The Labute approximate surface area is 196 Å². The molecule has 1 aliphatic heterocycles. The molecular formula is C25H35Cl2N3O. The standard InChI is InChI=1S/C25H35Cl2N3O/c26-21-13-20(14-22(27)15-21)17-30-23(31)25(29-24(30)28,16-19-9-5-2-6-10-19)12-11-18-7-3-1-4-8-18/h13-15,18-19H,1-12,16-17H2,(H2,28,29)/t25-/m1/s1. The van der Waals surface area contributed by atoms with Crippen molar-refractivity contribution in [2.75, 3.05) is 0 Å². The van der Waals surface area contributed by atoms with Crippen LogP contribution in [0, 0.1) is 17.2 Å². The fraction of sp³-hybridized carbons (Fsp3) is 0.680. The minimum Gasteiger partial charge on any atom is -0.342 e. The molecule has 1 amide bonds. The van der Waals surface area contributed by atoms with Gasteiger partial charge in [0.15, 0.2) is 5.96 Å². The molecule has 0 unspecified atom stereocenters. The minimum atomic E-state index is -0.626. The molecule has 0 spiro atoms. The number of guanidine groups is 1. The predicted molar refractivity (Wildman–Crippen MR) is 128 cm³/mol. The molecule has 1 atom stereocenters. The predicted octanol–water partition coefficient (Wildman–Crippen LogP) is 6.93. The zero-order valence-electron chi connectivity index (χ0n) is 18.4. The maximum Gasteiger partial charge on any atom is 0.255 e. The van der Waals surface area contributed by atoms with Gasteiger partial charge in [0.2, 0.25) is 0 Å². The van der Waals surface area contributed by atoms with E-state index in [1.165, 1.54) is 64.2 Å². The molecule has 2 saturated carbocycles. The van der Waals surface area contributed by atoms with Crippen LogP contribution < -0.4 is 5.32 Å². The largest absolute Gasteiger partial charge is 0.342 e. The lowest BCUT2D eigenvalue weighted by Gasteiger charge is -2.34. The number of rotatable bonds is 7. The summed E-state index contributed by atoms with van der Waals surface area (Å²) in [5.41, 5.74) is 0.233. The molecule has 0 radical (unpaired) electrons. The first-order valence-electron chi connectivity index (χ1n) is 12.1. The van der Waals surface area contributed by atoms with Crippen LogP contribution in [0.3, 0.4) is 0 Å². The minimum absolute atomic E-state index is 0.0648. The van der Waals surface area contributed by atoms with E-state index in [-0.39, 0.29) is 11.9 Å². The van der Waals surface area contributed by atoms with E-state index >= 15 is 0 Å². The van der Waals surface area contributed by atoms with Crippen LogP contribution in [0.1, 0.15) is 89.0 Å². The van der Waals surface area contributed by atoms with Crippen LogP contribution in [-0.2, 0) is 11.3 Å². The summed E-state index contributed by atoms with van der Waals surface area (Å²) < 4.78 is 0. The Hall–Kier alpha value is -1.26.